The molecule has 0 radical (unpaired) electrons. The number of benzene rings is 1. The minimum absolute atomic E-state index is 0.0911. The van der Waals surface area contributed by atoms with Gasteiger partial charge in [0.1, 0.15) is 5.82 Å². The van der Waals surface area contributed by atoms with Gasteiger partial charge < -0.3 is 5.32 Å². The van der Waals surface area contributed by atoms with Gasteiger partial charge in [0.15, 0.2) is 5.65 Å². The molecule has 0 aliphatic heterocycles. The summed E-state index contributed by atoms with van der Waals surface area (Å²) >= 11 is 0. The van der Waals surface area contributed by atoms with Crippen LogP contribution in [0.3, 0.4) is 0 Å². The van der Waals surface area contributed by atoms with Gasteiger partial charge >= 0.3 is 0 Å². The highest BCUT2D eigenvalue weighted by atomic mass is 19.1. The number of fused-ring (bicyclic) bond motifs is 1. The van der Waals surface area contributed by atoms with Crippen molar-refractivity contribution < 1.29 is 9.18 Å². The maximum Gasteiger partial charge on any atom is 0.263 e. The molecule has 0 fully saturated rings. The molecule has 0 saturated carbocycles. The Labute approximate surface area is 163 Å². The van der Waals surface area contributed by atoms with E-state index in [1.54, 1.807) is 16.7 Å². The van der Waals surface area contributed by atoms with E-state index in [2.05, 4.69) is 10.3 Å². The summed E-state index contributed by atoms with van der Waals surface area (Å²) in [6.45, 7) is 7.94. The molecular weight excluding hydrogens is 359 g/mol. The van der Waals surface area contributed by atoms with Crippen LogP contribution < -0.4 is 10.9 Å². The first-order chi connectivity index (χ1) is 13.3. The number of carbonyl (C=O) groups excluding carboxylic acids is 1. The Hall–Kier alpha value is -2.96. The fraction of sp³-hybridized carbons (Fsp3) is 0.381. The van der Waals surface area contributed by atoms with E-state index in [0.29, 0.717) is 16.7 Å². The van der Waals surface area contributed by atoms with Crippen molar-refractivity contribution in [2.45, 2.75) is 53.1 Å². The summed E-state index contributed by atoms with van der Waals surface area (Å²) in [4.78, 5) is 29.5. The van der Waals surface area contributed by atoms with Crippen LogP contribution in [-0.2, 0) is 11.3 Å². The highest BCUT2D eigenvalue weighted by molar-refractivity contribution is 5.83. The lowest BCUT2D eigenvalue weighted by molar-refractivity contribution is -0.121. The quantitative estimate of drug-likeness (QED) is 0.709. The zero-order valence-corrected chi connectivity index (χ0v) is 16.6. The fourth-order valence-corrected chi connectivity index (χ4v) is 3.25. The molecule has 7 heteroatoms. The van der Waals surface area contributed by atoms with E-state index in [1.807, 2.05) is 27.7 Å². The Bertz CT molecular complexity index is 1080. The summed E-state index contributed by atoms with van der Waals surface area (Å²) in [5.41, 5.74) is 2.55. The summed E-state index contributed by atoms with van der Waals surface area (Å²) in [6.07, 6.45) is 2.52. The molecule has 28 heavy (non-hydrogen) atoms. The molecule has 1 atom stereocenters. The highest BCUT2D eigenvalue weighted by Gasteiger charge is 2.18. The molecule has 6 nitrogen and oxygen atoms in total. The molecule has 0 aliphatic rings. The van der Waals surface area contributed by atoms with Gasteiger partial charge in [-0.15, -0.1) is 0 Å². The summed E-state index contributed by atoms with van der Waals surface area (Å²) in [6, 6.07) is 6.31. The van der Waals surface area contributed by atoms with Crippen LogP contribution in [0.15, 0.2) is 35.4 Å². The molecule has 148 valence electrons. The standard InChI is InChI=1S/C21H25FN4O2/c1-5-13(2)24-18(27)9-10-25-12-23-20-19(21(25)28)14(3)15(4)26(20)17-8-6-7-16(22)11-17/h6-8,11-13H,5,9-10H2,1-4H3,(H,24,27)/t13-/m0/s1. The van der Waals surface area contributed by atoms with Crippen molar-refractivity contribution in [3.8, 4) is 5.69 Å². The molecule has 1 aromatic carbocycles. The van der Waals surface area contributed by atoms with E-state index >= 15 is 0 Å². The van der Waals surface area contributed by atoms with Gasteiger partial charge in [-0.1, -0.05) is 13.0 Å². The smallest absolute Gasteiger partial charge is 0.263 e. The average Bonchev–Trinajstić information content (AvgIpc) is 2.92. The van der Waals surface area contributed by atoms with Crippen molar-refractivity contribution in [2.75, 3.05) is 0 Å². The number of amides is 1. The number of aromatic nitrogens is 3. The molecule has 0 aliphatic carbocycles. The first-order valence-corrected chi connectivity index (χ1v) is 9.45. The van der Waals surface area contributed by atoms with Crippen molar-refractivity contribution in [2.24, 2.45) is 0 Å². The van der Waals surface area contributed by atoms with E-state index in [-0.39, 0.29) is 36.3 Å². The van der Waals surface area contributed by atoms with Crippen LogP contribution in [-0.4, -0.2) is 26.1 Å². The number of nitrogens with one attached hydrogen (secondary N) is 1. The number of carbonyl (C=O) groups is 1. The van der Waals surface area contributed by atoms with Gasteiger partial charge in [0.05, 0.1) is 17.4 Å². The molecule has 3 aromatic rings. The first-order valence-electron chi connectivity index (χ1n) is 9.45. The molecule has 0 spiro atoms. The van der Waals surface area contributed by atoms with Crippen LogP contribution in [0.1, 0.15) is 37.9 Å². The first kappa shape index (κ1) is 19.8. The molecule has 2 heterocycles. The van der Waals surface area contributed by atoms with Crippen molar-refractivity contribution in [1.82, 2.24) is 19.4 Å². The monoisotopic (exact) mass is 384 g/mol. The van der Waals surface area contributed by atoms with Gasteiger partial charge in [0.2, 0.25) is 5.91 Å². The normalized spacial score (nSPS) is 12.3. The van der Waals surface area contributed by atoms with Crippen LogP contribution >= 0.6 is 0 Å². The molecule has 1 N–H and O–H groups in total. The van der Waals surface area contributed by atoms with Gasteiger partial charge in [0, 0.05) is 24.7 Å². The van der Waals surface area contributed by atoms with Gasteiger partial charge in [0.25, 0.3) is 5.56 Å². The molecule has 1 amide bonds. The van der Waals surface area contributed by atoms with Crippen LogP contribution in [0.4, 0.5) is 4.39 Å². The fourth-order valence-electron chi connectivity index (χ4n) is 3.25. The Balaban J connectivity index is 1.98. The summed E-state index contributed by atoms with van der Waals surface area (Å²) in [5, 5.41) is 3.39. The molecule has 0 saturated heterocycles. The summed E-state index contributed by atoms with van der Waals surface area (Å²) < 4.78 is 16.9. The van der Waals surface area contributed by atoms with Gasteiger partial charge in [-0.3, -0.25) is 18.7 Å². The number of hydrogen-bond acceptors (Lipinski definition) is 3. The predicted molar refractivity (Wildman–Crippen MR) is 107 cm³/mol. The number of aryl methyl sites for hydroxylation is 2. The number of halogens is 1. The van der Waals surface area contributed by atoms with Crippen LogP contribution in [0.5, 0.6) is 0 Å². The molecule has 2 aromatic heterocycles. The zero-order valence-electron chi connectivity index (χ0n) is 16.6. The maximum absolute atomic E-state index is 13.7. The van der Waals surface area contributed by atoms with Crippen molar-refractivity contribution >= 4 is 16.9 Å². The second kappa shape index (κ2) is 7.96. The lowest BCUT2D eigenvalue weighted by atomic mass is 10.2. The Kier molecular flexibility index (Phi) is 5.63. The third-order valence-electron chi connectivity index (χ3n) is 5.15. The summed E-state index contributed by atoms with van der Waals surface area (Å²) in [5.74, 6) is -0.441. The topological polar surface area (TPSA) is 68.9 Å². The van der Waals surface area contributed by atoms with Crippen LogP contribution in [0, 0.1) is 19.7 Å². The van der Waals surface area contributed by atoms with Crippen molar-refractivity contribution in [3.63, 3.8) is 0 Å². The van der Waals surface area contributed by atoms with Crippen molar-refractivity contribution in [3.05, 3.63) is 58.0 Å². The third-order valence-corrected chi connectivity index (χ3v) is 5.15. The molecule has 0 bridgehead atoms. The highest BCUT2D eigenvalue weighted by Crippen LogP contribution is 2.25. The van der Waals surface area contributed by atoms with Crippen LogP contribution in [0.2, 0.25) is 0 Å². The lowest BCUT2D eigenvalue weighted by Gasteiger charge is -2.12. The predicted octanol–water partition coefficient (Wildman–Crippen LogP) is 3.25. The lowest BCUT2D eigenvalue weighted by Crippen LogP contribution is -2.33. The SMILES string of the molecule is CC[C@H](C)NC(=O)CCn1cnc2c(c(C)c(C)n2-c2cccc(F)c2)c1=O. The molecule has 3 rings (SSSR count). The van der Waals surface area contributed by atoms with Gasteiger partial charge in [-0.2, -0.15) is 0 Å². The van der Waals surface area contributed by atoms with E-state index < -0.39 is 0 Å². The van der Waals surface area contributed by atoms with E-state index in [0.717, 1.165) is 17.7 Å². The zero-order chi connectivity index (χ0) is 20.4. The van der Waals surface area contributed by atoms with E-state index in [1.165, 1.54) is 23.0 Å². The number of rotatable bonds is 6. The van der Waals surface area contributed by atoms with E-state index in [4.69, 9.17) is 0 Å². The van der Waals surface area contributed by atoms with Crippen LogP contribution in [0.25, 0.3) is 16.7 Å². The minimum atomic E-state index is -0.350. The molecular formula is C21H25FN4O2. The number of hydrogen-bond donors (Lipinski definition) is 1. The number of nitrogens with zero attached hydrogens (tertiary/aromatic N) is 3. The minimum Gasteiger partial charge on any atom is -0.354 e. The van der Waals surface area contributed by atoms with Gasteiger partial charge in [-0.05, 0) is 51.0 Å². The Morgan fingerprint density at radius 3 is 2.75 bits per heavy atom. The molecule has 0 unspecified atom stereocenters. The third kappa shape index (κ3) is 3.69. The second-order valence-corrected chi connectivity index (χ2v) is 7.09. The average molecular weight is 384 g/mol. The Morgan fingerprint density at radius 2 is 2.07 bits per heavy atom. The second-order valence-electron chi connectivity index (χ2n) is 7.09. The summed E-state index contributed by atoms with van der Waals surface area (Å²) in [7, 11) is 0. The Morgan fingerprint density at radius 1 is 1.32 bits per heavy atom. The maximum atomic E-state index is 13.7. The van der Waals surface area contributed by atoms with E-state index in [9.17, 15) is 14.0 Å². The largest absolute Gasteiger partial charge is 0.354 e. The van der Waals surface area contributed by atoms with Gasteiger partial charge in [-0.25, -0.2) is 9.37 Å². The van der Waals surface area contributed by atoms with Crippen molar-refractivity contribution in [1.29, 1.82) is 0 Å².